The molecule has 6 nitrogen and oxygen atoms in total. The highest BCUT2D eigenvalue weighted by Crippen LogP contribution is 2.30. The van der Waals surface area contributed by atoms with Gasteiger partial charge in [-0.05, 0) is 48.9 Å². The van der Waals surface area contributed by atoms with Crippen molar-refractivity contribution < 1.29 is 27.8 Å². The number of hydrogen-bond donors (Lipinski definition) is 2. The van der Waals surface area contributed by atoms with E-state index in [-0.39, 0.29) is 23.1 Å². The van der Waals surface area contributed by atoms with Crippen LogP contribution in [-0.2, 0) is 6.18 Å². The van der Waals surface area contributed by atoms with Crippen LogP contribution >= 0.6 is 0 Å². The van der Waals surface area contributed by atoms with Gasteiger partial charge in [0, 0.05) is 18.0 Å². The summed E-state index contributed by atoms with van der Waals surface area (Å²) >= 11 is 0. The molecule has 0 fully saturated rings. The van der Waals surface area contributed by atoms with E-state index >= 15 is 0 Å². The van der Waals surface area contributed by atoms with E-state index in [2.05, 4.69) is 15.3 Å². The van der Waals surface area contributed by atoms with Gasteiger partial charge in [-0.25, -0.2) is 9.97 Å². The third-order valence-electron chi connectivity index (χ3n) is 3.69. The fourth-order valence-corrected chi connectivity index (χ4v) is 2.26. The summed E-state index contributed by atoms with van der Waals surface area (Å²) in [6.07, 6.45) is -3.16. The van der Waals surface area contributed by atoms with Gasteiger partial charge in [0.2, 0.25) is 5.88 Å². The molecule has 28 heavy (non-hydrogen) atoms. The molecule has 0 radical (unpaired) electrons. The van der Waals surface area contributed by atoms with Crippen LogP contribution in [0.3, 0.4) is 0 Å². The second kappa shape index (κ2) is 7.55. The molecule has 0 saturated carbocycles. The molecular weight excluding hydrogens is 375 g/mol. The predicted octanol–water partition coefficient (Wildman–Crippen LogP) is 4.55. The number of rotatable bonds is 4. The summed E-state index contributed by atoms with van der Waals surface area (Å²) in [5.74, 6) is -0.785. The van der Waals surface area contributed by atoms with E-state index in [1.54, 1.807) is 13.0 Å². The van der Waals surface area contributed by atoms with E-state index in [4.69, 9.17) is 4.74 Å². The molecule has 2 N–H and O–H groups in total. The van der Waals surface area contributed by atoms with Crippen molar-refractivity contribution in [2.75, 3.05) is 5.32 Å². The Hall–Kier alpha value is -3.62. The molecule has 0 aliphatic heterocycles. The van der Waals surface area contributed by atoms with E-state index in [0.717, 1.165) is 6.07 Å². The summed E-state index contributed by atoms with van der Waals surface area (Å²) in [6, 6.07) is 10.8. The summed E-state index contributed by atoms with van der Waals surface area (Å²) in [5.41, 5.74) is -0.276. The third kappa shape index (κ3) is 4.37. The number of anilines is 1. The summed E-state index contributed by atoms with van der Waals surface area (Å²) in [7, 11) is 0. The van der Waals surface area contributed by atoms with Gasteiger partial charge < -0.3 is 15.2 Å². The number of benzene rings is 1. The van der Waals surface area contributed by atoms with Crippen molar-refractivity contribution in [3.8, 4) is 17.4 Å². The SMILES string of the molecule is Cc1ccnc(C(=O)Nc2ccc(Oc3cccc(C(F)(F)F)n3)cc2)c1O. The Morgan fingerprint density at radius 1 is 1.11 bits per heavy atom. The molecule has 0 aliphatic carbocycles. The van der Waals surface area contributed by atoms with E-state index in [0.29, 0.717) is 11.3 Å². The number of carbonyl (C=O) groups is 1. The Labute approximate surface area is 157 Å². The molecule has 0 atom stereocenters. The van der Waals surface area contributed by atoms with Crippen molar-refractivity contribution in [2.24, 2.45) is 0 Å². The molecule has 1 amide bonds. The Bertz CT molecular complexity index is 1010. The number of aromatic hydroxyl groups is 1. The van der Waals surface area contributed by atoms with Crippen molar-refractivity contribution in [1.29, 1.82) is 0 Å². The zero-order chi connectivity index (χ0) is 20.3. The van der Waals surface area contributed by atoms with E-state index < -0.39 is 17.8 Å². The van der Waals surface area contributed by atoms with Gasteiger partial charge in [0.05, 0.1) is 0 Å². The van der Waals surface area contributed by atoms with Crippen LogP contribution in [0.1, 0.15) is 21.7 Å². The molecule has 144 valence electrons. The molecule has 0 spiro atoms. The van der Waals surface area contributed by atoms with Crippen molar-refractivity contribution in [1.82, 2.24) is 9.97 Å². The zero-order valence-corrected chi connectivity index (χ0v) is 14.5. The molecule has 3 aromatic rings. The van der Waals surface area contributed by atoms with Crippen LogP contribution in [0, 0.1) is 6.92 Å². The first kappa shape index (κ1) is 19.2. The lowest BCUT2D eigenvalue weighted by Gasteiger charge is -2.10. The largest absolute Gasteiger partial charge is 0.505 e. The highest BCUT2D eigenvalue weighted by Gasteiger charge is 2.32. The average Bonchev–Trinajstić information content (AvgIpc) is 2.65. The molecule has 9 heteroatoms. The summed E-state index contributed by atoms with van der Waals surface area (Å²) in [5, 5.41) is 12.5. The molecule has 1 aromatic carbocycles. The van der Waals surface area contributed by atoms with Crippen LogP contribution in [-0.4, -0.2) is 21.0 Å². The summed E-state index contributed by atoms with van der Waals surface area (Å²) in [6.45, 7) is 1.64. The van der Waals surface area contributed by atoms with Crippen LogP contribution in [0.2, 0.25) is 0 Å². The molecule has 0 unspecified atom stereocenters. The Morgan fingerprint density at radius 3 is 2.50 bits per heavy atom. The van der Waals surface area contributed by atoms with Crippen LogP contribution in [0.5, 0.6) is 17.4 Å². The van der Waals surface area contributed by atoms with Gasteiger partial charge in [-0.3, -0.25) is 4.79 Å². The number of nitrogens with one attached hydrogen (secondary N) is 1. The van der Waals surface area contributed by atoms with Crippen molar-refractivity contribution in [2.45, 2.75) is 13.1 Å². The lowest BCUT2D eigenvalue weighted by atomic mass is 10.2. The van der Waals surface area contributed by atoms with E-state index in [9.17, 15) is 23.1 Å². The molecule has 0 aliphatic rings. The monoisotopic (exact) mass is 389 g/mol. The number of nitrogens with zero attached hydrogens (tertiary/aromatic N) is 2. The van der Waals surface area contributed by atoms with Crippen molar-refractivity contribution >= 4 is 11.6 Å². The van der Waals surface area contributed by atoms with Gasteiger partial charge in [0.25, 0.3) is 5.91 Å². The van der Waals surface area contributed by atoms with E-state index in [1.807, 2.05) is 0 Å². The first-order valence-electron chi connectivity index (χ1n) is 8.02. The first-order valence-corrected chi connectivity index (χ1v) is 8.02. The van der Waals surface area contributed by atoms with Gasteiger partial charge in [-0.2, -0.15) is 13.2 Å². The summed E-state index contributed by atoms with van der Waals surface area (Å²) in [4.78, 5) is 19.5. The maximum atomic E-state index is 12.7. The lowest BCUT2D eigenvalue weighted by molar-refractivity contribution is -0.141. The average molecular weight is 389 g/mol. The van der Waals surface area contributed by atoms with E-state index in [1.165, 1.54) is 42.6 Å². The Morgan fingerprint density at radius 2 is 1.82 bits per heavy atom. The number of pyridine rings is 2. The number of alkyl halides is 3. The van der Waals surface area contributed by atoms with Gasteiger partial charge in [-0.1, -0.05) is 6.07 Å². The minimum Gasteiger partial charge on any atom is -0.505 e. The lowest BCUT2D eigenvalue weighted by Crippen LogP contribution is -2.14. The number of halogens is 3. The fourth-order valence-electron chi connectivity index (χ4n) is 2.26. The van der Waals surface area contributed by atoms with Crippen LogP contribution in [0.25, 0.3) is 0 Å². The quantitative estimate of drug-likeness (QED) is 0.684. The minimum absolute atomic E-state index is 0.117. The predicted molar refractivity (Wildman–Crippen MR) is 94.3 cm³/mol. The smallest absolute Gasteiger partial charge is 0.433 e. The highest BCUT2D eigenvalue weighted by molar-refractivity contribution is 6.04. The third-order valence-corrected chi connectivity index (χ3v) is 3.69. The van der Waals surface area contributed by atoms with Gasteiger partial charge in [-0.15, -0.1) is 0 Å². The summed E-state index contributed by atoms with van der Waals surface area (Å²) < 4.78 is 43.4. The minimum atomic E-state index is -4.57. The molecule has 3 rings (SSSR count). The Kier molecular flexibility index (Phi) is 5.16. The van der Waals surface area contributed by atoms with Crippen LogP contribution < -0.4 is 10.1 Å². The molecule has 0 bridgehead atoms. The second-order valence-electron chi connectivity index (χ2n) is 5.76. The van der Waals surface area contributed by atoms with Gasteiger partial charge >= 0.3 is 6.18 Å². The van der Waals surface area contributed by atoms with Crippen molar-refractivity contribution in [3.63, 3.8) is 0 Å². The molecule has 2 heterocycles. The second-order valence-corrected chi connectivity index (χ2v) is 5.76. The highest BCUT2D eigenvalue weighted by atomic mass is 19.4. The maximum absolute atomic E-state index is 12.7. The maximum Gasteiger partial charge on any atom is 0.433 e. The van der Waals surface area contributed by atoms with Crippen molar-refractivity contribution in [3.05, 3.63) is 71.7 Å². The van der Waals surface area contributed by atoms with Gasteiger partial charge in [0.1, 0.15) is 17.2 Å². The number of aromatic nitrogens is 2. The molecule has 0 saturated heterocycles. The first-order chi connectivity index (χ1) is 13.2. The zero-order valence-electron chi connectivity index (χ0n) is 14.5. The van der Waals surface area contributed by atoms with Crippen LogP contribution in [0.15, 0.2) is 54.7 Å². The number of ether oxygens (including phenoxy) is 1. The number of amides is 1. The molecular formula is C19H14F3N3O3. The normalized spacial score (nSPS) is 11.1. The standard InChI is InChI=1S/C19H14F3N3O3/c1-11-9-10-23-16(17(11)26)18(27)24-12-5-7-13(8-6-12)28-15-4-2-3-14(25-15)19(20,21)22/h2-10,26H,1H3,(H,24,27). The fraction of sp³-hybridized carbons (Fsp3) is 0.105. The number of aryl methyl sites for hydroxylation is 1. The Balaban J connectivity index is 1.70. The number of carbonyl (C=O) groups excluding carboxylic acids is 1. The van der Waals surface area contributed by atoms with Gasteiger partial charge in [0.15, 0.2) is 5.69 Å². The number of hydrogen-bond acceptors (Lipinski definition) is 5. The van der Waals surface area contributed by atoms with Crippen LogP contribution in [0.4, 0.5) is 18.9 Å². The topological polar surface area (TPSA) is 84.3 Å². The molecule has 2 aromatic heterocycles.